The van der Waals surface area contributed by atoms with E-state index in [-0.39, 0.29) is 6.04 Å². The largest absolute Gasteiger partial charge is 0.464 e. The highest BCUT2D eigenvalue weighted by Crippen LogP contribution is 2.20. The highest BCUT2D eigenvalue weighted by atomic mass is 16.5. The molecule has 0 amide bonds. The van der Waals surface area contributed by atoms with E-state index in [0.717, 1.165) is 43.5 Å². The fourth-order valence-electron chi connectivity index (χ4n) is 3.25. The molecule has 1 fully saturated rings. The van der Waals surface area contributed by atoms with Crippen molar-refractivity contribution in [2.24, 2.45) is 4.99 Å². The van der Waals surface area contributed by atoms with Crippen LogP contribution in [0.4, 0.5) is 0 Å². The third-order valence-electron chi connectivity index (χ3n) is 4.78. The summed E-state index contributed by atoms with van der Waals surface area (Å²) in [5, 5.41) is 6.73. The molecule has 0 saturated heterocycles. The van der Waals surface area contributed by atoms with Gasteiger partial charge in [-0.15, -0.1) is 0 Å². The lowest BCUT2D eigenvalue weighted by atomic mass is 10.1. The Hall–Kier alpha value is -1.49. The van der Waals surface area contributed by atoms with Crippen molar-refractivity contribution in [3.05, 3.63) is 23.7 Å². The van der Waals surface area contributed by atoms with E-state index in [2.05, 4.69) is 22.5 Å². The maximum atomic E-state index is 6.03. The standard InChI is InChI=1S/C20H35N3O2/c1-16-12-13-19(25-16)17(2)23-20(21-3)22-14-8-9-15-24-18-10-6-4-5-7-11-18/h12-13,17-18H,4-11,14-15H2,1-3H3,(H2,21,22,23). The molecule has 1 heterocycles. The van der Waals surface area contributed by atoms with E-state index >= 15 is 0 Å². The number of guanidine groups is 1. The number of unbranched alkanes of at least 4 members (excludes halogenated alkanes) is 1. The molecule has 142 valence electrons. The SMILES string of the molecule is CN=C(NCCCCOC1CCCCCC1)NC(C)c1ccc(C)o1. The molecular weight excluding hydrogens is 314 g/mol. The van der Waals surface area contributed by atoms with Gasteiger partial charge in [0.25, 0.3) is 0 Å². The van der Waals surface area contributed by atoms with E-state index in [4.69, 9.17) is 9.15 Å². The monoisotopic (exact) mass is 349 g/mol. The minimum absolute atomic E-state index is 0.0958. The average Bonchev–Trinajstić information content (AvgIpc) is 2.89. The maximum Gasteiger partial charge on any atom is 0.191 e. The van der Waals surface area contributed by atoms with Crippen LogP contribution in [0.3, 0.4) is 0 Å². The van der Waals surface area contributed by atoms with Crippen LogP contribution >= 0.6 is 0 Å². The second kappa shape index (κ2) is 11.2. The summed E-state index contributed by atoms with van der Waals surface area (Å²) in [6.07, 6.45) is 10.6. The van der Waals surface area contributed by atoms with Crippen molar-refractivity contribution in [1.82, 2.24) is 10.6 Å². The highest BCUT2D eigenvalue weighted by Gasteiger charge is 2.12. The van der Waals surface area contributed by atoms with Crippen LogP contribution in [0.15, 0.2) is 21.5 Å². The van der Waals surface area contributed by atoms with E-state index < -0.39 is 0 Å². The summed E-state index contributed by atoms with van der Waals surface area (Å²) >= 11 is 0. The molecule has 1 saturated carbocycles. The van der Waals surface area contributed by atoms with Crippen LogP contribution in [0.1, 0.15) is 75.9 Å². The van der Waals surface area contributed by atoms with Crippen LogP contribution in [0, 0.1) is 6.92 Å². The molecule has 1 aliphatic rings. The van der Waals surface area contributed by atoms with Gasteiger partial charge in [0.2, 0.25) is 0 Å². The van der Waals surface area contributed by atoms with Crippen molar-refractivity contribution in [3.8, 4) is 0 Å². The van der Waals surface area contributed by atoms with Gasteiger partial charge >= 0.3 is 0 Å². The van der Waals surface area contributed by atoms with Gasteiger partial charge in [0, 0.05) is 20.2 Å². The molecule has 1 atom stereocenters. The van der Waals surface area contributed by atoms with Crippen molar-refractivity contribution in [2.45, 2.75) is 77.4 Å². The number of aliphatic imine (C=N–C) groups is 1. The van der Waals surface area contributed by atoms with Crippen LogP contribution in [0.5, 0.6) is 0 Å². The van der Waals surface area contributed by atoms with Crippen molar-refractivity contribution in [3.63, 3.8) is 0 Å². The Labute approximate surface area is 152 Å². The summed E-state index contributed by atoms with van der Waals surface area (Å²) in [6, 6.07) is 4.09. The fraction of sp³-hybridized carbons (Fsp3) is 0.750. The van der Waals surface area contributed by atoms with E-state index in [1.807, 2.05) is 19.1 Å². The molecule has 1 aromatic rings. The van der Waals surface area contributed by atoms with E-state index in [9.17, 15) is 0 Å². The normalized spacial score (nSPS) is 18.0. The summed E-state index contributed by atoms with van der Waals surface area (Å²) in [6.45, 7) is 5.81. The third-order valence-corrected chi connectivity index (χ3v) is 4.78. The van der Waals surface area contributed by atoms with Crippen LogP contribution in [0.25, 0.3) is 0 Å². The lowest BCUT2D eigenvalue weighted by molar-refractivity contribution is 0.0411. The number of rotatable bonds is 8. The zero-order chi connectivity index (χ0) is 17.9. The summed E-state index contributed by atoms with van der Waals surface area (Å²) in [5.74, 6) is 2.67. The summed E-state index contributed by atoms with van der Waals surface area (Å²) < 4.78 is 11.7. The molecular formula is C20H35N3O2. The zero-order valence-electron chi connectivity index (χ0n) is 16.1. The van der Waals surface area contributed by atoms with Gasteiger partial charge in [0.1, 0.15) is 11.5 Å². The summed E-state index contributed by atoms with van der Waals surface area (Å²) in [7, 11) is 1.80. The Kier molecular flexibility index (Phi) is 8.87. The number of nitrogens with one attached hydrogen (secondary N) is 2. The number of hydrogen-bond acceptors (Lipinski definition) is 3. The van der Waals surface area contributed by atoms with Gasteiger partial charge in [-0.2, -0.15) is 0 Å². The second-order valence-corrected chi connectivity index (χ2v) is 7.00. The lowest BCUT2D eigenvalue weighted by Gasteiger charge is -2.17. The first-order valence-corrected chi connectivity index (χ1v) is 9.84. The van der Waals surface area contributed by atoms with E-state index in [0.29, 0.717) is 6.10 Å². The molecule has 1 aromatic heterocycles. The summed E-state index contributed by atoms with van der Waals surface area (Å²) in [4.78, 5) is 4.28. The molecule has 0 spiro atoms. The molecule has 2 N–H and O–H groups in total. The first-order chi connectivity index (χ1) is 12.2. The number of nitrogens with zero attached hydrogens (tertiary/aromatic N) is 1. The first-order valence-electron chi connectivity index (χ1n) is 9.84. The first kappa shape index (κ1) is 19.8. The van der Waals surface area contributed by atoms with Gasteiger partial charge in [0.15, 0.2) is 5.96 Å². The number of hydrogen-bond donors (Lipinski definition) is 2. The van der Waals surface area contributed by atoms with Gasteiger partial charge in [-0.25, -0.2) is 0 Å². The molecule has 1 aliphatic carbocycles. The smallest absolute Gasteiger partial charge is 0.191 e. The number of ether oxygens (including phenoxy) is 1. The molecule has 5 heteroatoms. The van der Waals surface area contributed by atoms with Gasteiger partial charge in [-0.05, 0) is 51.7 Å². The van der Waals surface area contributed by atoms with Crippen LogP contribution in [-0.4, -0.2) is 32.3 Å². The Morgan fingerprint density at radius 3 is 2.64 bits per heavy atom. The number of aryl methyl sites for hydroxylation is 1. The van der Waals surface area contributed by atoms with Crippen molar-refractivity contribution in [2.75, 3.05) is 20.2 Å². The predicted octanol–water partition coefficient (Wildman–Crippen LogP) is 4.33. The Morgan fingerprint density at radius 2 is 2.00 bits per heavy atom. The van der Waals surface area contributed by atoms with E-state index in [1.54, 1.807) is 7.05 Å². The van der Waals surface area contributed by atoms with Crippen molar-refractivity contribution in [1.29, 1.82) is 0 Å². The van der Waals surface area contributed by atoms with Crippen LogP contribution in [0.2, 0.25) is 0 Å². The van der Waals surface area contributed by atoms with Gasteiger partial charge in [-0.3, -0.25) is 4.99 Å². The second-order valence-electron chi connectivity index (χ2n) is 7.00. The van der Waals surface area contributed by atoms with Crippen LogP contribution < -0.4 is 10.6 Å². The molecule has 0 aromatic carbocycles. The molecule has 25 heavy (non-hydrogen) atoms. The Balaban J connectivity index is 1.56. The van der Waals surface area contributed by atoms with Gasteiger partial charge in [-0.1, -0.05) is 25.7 Å². The van der Waals surface area contributed by atoms with Crippen molar-refractivity contribution >= 4 is 5.96 Å². The molecule has 0 aliphatic heterocycles. The van der Waals surface area contributed by atoms with Gasteiger partial charge in [0.05, 0.1) is 12.1 Å². The average molecular weight is 350 g/mol. The molecule has 0 bridgehead atoms. The number of furan rings is 1. The predicted molar refractivity (Wildman–Crippen MR) is 103 cm³/mol. The van der Waals surface area contributed by atoms with E-state index in [1.165, 1.54) is 38.5 Å². The lowest BCUT2D eigenvalue weighted by Crippen LogP contribution is -2.39. The Bertz CT molecular complexity index is 505. The third kappa shape index (κ3) is 7.51. The molecule has 0 radical (unpaired) electrons. The minimum atomic E-state index is 0.0958. The topological polar surface area (TPSA) is 58.8 Å². The zero-order valence-corrected chi connectivity index (χ0v) is 16.1. The fourth-order valence-corrected chi connectivity index (χ4v) is 3.25. The van der Waals surface area contributed by atoms with Gasteiger partial charge < -0.3 is 19.8 Å². The maximum absolute atomic E-state index is 6.03. The van der Waals surface area contributed by atoms with Crippen LogP contribution in [-0.2, 0) is 4.74 Å². The minimum Gasteiger partial charge on any atom is -0.464 e. The molecule has 5 nitrogen and oxygen atoms in total. The Morgan fingerprint density at radius 1 is 1.24 bits per heavy atom. The molecule has 1 unspecified atom stereocenters. The summed E-state index contributed by atoms with van der Waals surface area (Å²) in [5.41, 5.74) is 0. The quantitative estimate of drug-likeness (QED) is 0.317. The highest BCUT2D eigenvalue weighted by molar-refractivity contribution is 5.79. The molecule has 2 rings (SSSR count). The van der Waals surface area contributed by atoms with Crippen molar-refractivity contribution < 1.29 is 9.15 Å².